The minimum Gasteiger partial charge on any atom is -0.477 e. The van der Waals surface area contributed by atoms with E-state index >= 15 is 0 Å². The number of hydrogen-bond donors (Lipinski definition) is 3. The number of carbonyl (C=O) groups excluding carboxylic acids is 1. The van der Waals surface area contributed by atoms with Crippen LogP contribution in [0.25, 0.3) is 5.82 Å². The molecular weight excluding hydrogens is 328 g/mol. The van der Waals surface area contributed by atoms with Crippen molar-refractivity contribution < 1.29 is 19.4 Å². The van der Waals surface area contributed by atoms with Crippen LogP contribution in [0.5, 0.6) is 0 Å². The Balaban J connectivity index is 1.66. The molecule has 0 saturated carbocycles. The molecule has 3 heterocycles. The highest BCUT2D eigenvalue weighted by molar-refractivity contribution is 5.93. The highest BCUT2D eigenvalue weighted by atomic mass is 16.5. The monoisotopic (exact) mass is 346 g/mol. The number of aromatic amines is 1. The van der Waals surface area contributed by atoms with Gasteiger partial charge in [-0.05, 0) is 30.9 Å². The molecule has 1 aliphatic rings. The summed E-state index contributed by atoms with van der Waals surface area (Å²) in [4.78, 5) is 39.0. The fourth-order valence-corrected chi connectivity index (χ4v) is 2.64. The van der Waals surface area contributed by atoms with Gasteiger partial charge in [0.05, 0.1) is 5.56 Å². The van der Waals surface area contributed by atoms with Gasteiger partial charge in [-0.25, -0.2) is 14.5 Å². The summed E-state index contributed by atoms with van der Waals surface area (Å²) >= 11 is 0. The number of ether oxygens (including phenoxy) is 1. The Labute approximate surface area is 142 Å². The smallest absolute Gasteiger partial charge is 0.342 e. The molecular formula is C16H18N4O5. The molecule has 3 rings (SSSR count). The predicted octanol–water partition coefficient (Wildman–Crippen LogP) is 0.415. The van der Waals surface area contributed by atoms with Crippen LogP contribution in [0.1, 0.15) is 33.6 Å². The average molecular weight is 346 g/mol. The van der Waals surface area contributed by atoms with Crippen LogP contribution in [-0.4, -0.2) is 51.5 Å². The van der Waals surface area contributed by atoms with Crippen LogP contribution < -0.4 is 10.9 Å². The first kappa shape index (κ1) is 16.9. The van der Waals surface area contributed by atoms with Crippen molar-refractivity contribution in [3.05, 3.63) is 46.0 Å². The predicted molar refractivity (Wildman–Crippen MR) is 87.0 cm³/mol. The van der Waals surface area contributed by atoms with Gasteiger partial charge in [0.2, 0.25) is 0 Å². The molecule has 0 aromatic carbocycles. The molecule has 1 amide bonds. The summed E-state index contributed by atoms with van der Waals surface area (Å²) in [5.74, 6) is -0.935. The number of pyridine rings is 1. The van der Waals surface area contributed by atoms with Crippen LogP contribution in [0.15, 0.2) is 29.3 Å². The van der Waals surface area contributed by atoms with E-state index in [1.165, 1.54) is 18.3 Å². The minimum atomic E-state index is -1.32. The van der Waals surface area contributed by atoms with Crippen molar-refractivity contribution >= 4 is 11.9 Å². The summed E-state index contributed by atoms with van der Waals surface area (Å²) in [5.41, 5.74) is -0.717. The van der Waals surface area contributed by atoms with Crippen LogP contribution in [0.4, 0.5) is 0 Å². The van der Waals surface area contributed by atoms with E-state index in [1.54, 1.807) is 0 Å². The molecule has 2 aromatic rings. The third-order valence-electron chi connectivity index (χ3n) is 4.13. The van der Waals surface area contributed by atoms with Gasteiger partial charge in [-0.2, -0.15) is 0 Å². The SMILES string of the molecule is O=C(NCC1CCOCC1)c1ccc(-n2[nH]cc(C(=O)O)c2=O)nc1. The normalized spacial score (nSPS) is 15.0. The molecule has 0 aliphatic carbocycles. The number of H-pyrrole nitrogens is 1. The van der Waals surface area contributed by atoms with E-state index < -0.39 is 11.5 Å². The first-order valence-corrected chi connectivity index (χ1v) is 7.92. The van der Waals surface area contributed by atoms with E-state index in [1.807, 2.05) is 0 Å². The summed E-state index contributed by atoms with van der Waals surface area (Å²) < 4.78 is 6.29. The van der Waals surface area contributed by atoms with Gasteiger partial charge in [-0.15, -0.1) is 0 Å². The van der Waals surface area contributed by atoms with E-state index in [0.29, 0.717) is 18.0 Å². The maximum Gasteiger partial charge on any atom is 0.342 e. The van der Waals surface area contributed by atoms with E-state index in [4.69, 9.17) is 9.84 Å². The van der Waals surface area contributed by atoms with E-state index in [-0.39, 0.29) is 17.3 Å². The Hall–Kier alpha value is -2.94. The Morgan fingerprint density at radius 3 is 2.72 bits per heavy atom. The van der Waals surface area contributed by atoms with E-state index in [9.17, 15) is 14.4 Å². The number of hydrogen-bond acceptors (Lipinski definition) is 5. The lowest BCUT2D eigenvalue weighted by Crippen LogP contribution is -2.32. The standard InChI is InChI=1S/C16H18N4O5/c21-14(18-7-10-3-5-25-6-4-10)11-1-2-13(17-8-11)20-15(22)12(9-19-20)16(23)24/h1-2,8-10,19H,3-7H2,(H,18,21)(H,23,24). The maximum absolute atomic E-state index is 12.2. The van der Waals surface area contributed by atoms with Gasteiger partial charge < -0.3 is 15.2 Å². The third-order valence-corrected chi connectivity index (χ3v) is 4.13. The van der Waals surface area contributed by atoms with Gasteiger partial charge in [0.25, 0.3) is 11.5 Å². The molecule has 9 nitrogen and oxygen atoms in total. The quantitative estimate of drug-likeness (QED) is 0.720. The molecule has 0 radical (unpaired) electrons. The number of rotatable bonds is 5. The lowest BCUT2D eigenvalue weighted by atomic mass is 10.0. The van der Waals surface area contributed by atoms with Crippen molar-refractivity contribution in [2.24, 2.45) is 5.92 Å². The summed E-state index contributed by atoms with van der Waals surface area (Å²) in [6.07, 6.45) is 4.31. The molecule has 1 aliphatic heterocycles. The molecule has 0 unspecified atom stereocenters. The third kappa shape index (κ3) is 3.77. The Kier molecular flexibility index (Phi) is 4.94. The number of nitrogens with zero attached hydrogens (tertiary/aromatic N) is 2. The van der Waals surface area contributed by atoms with Crippen LogP contribution >= 0.6 is 0 Å². The van der Waals surface area contributed by atoms with Crippen molar-refractivity contribution in [1.29, 1.82) is 0 Å². The maximum atomic E-state index is 12.2. The molecule has 0 spiro atoms. The Morgan fingerprint density at radius 1 is 1.36 bits per heavy atom. The number of aromatic nitrogens is 3. The van der Waals surface area contributed by atoms with Crippen LogP contribution in [-0.2, 0) is 4.74 Å². The molecule has 0 bridgehead atoms. The van der Waals surface area contributed by atoms with Gasteiger partial charge in [0, 0.05) is 32.2 Å². The molecule has 2 aromatic heterocycles. The number of carbonyl (C=O) groups is 2. The average Bonchev–Trinajstić information content (AvgIpc) is 3.02. The van der Waals surface area contributed by atoms with Crippen molar-refractivity contribution in [2.75, 3.05) is 19.8 Å². The van der Waals surface area contributed by atoms with Gasteiger partial charge in [-0.1, -0.05) is 0 Å². The van der Waals surface area contributed by atoms with Crippen LogP contribution in [0, 0.1) is 5.92 Å². The van der Waals surface area contributed by atoms with E-state index in [0.717, 1.165) is 36.9 Å². The fraction of sp³-hybridized carbons (Fsp3) is 0.375. The molecule has 25 heavy (non-hydrogen) atoms. The first-order valence-electron chi connectivity index (χ1n) is 7.92. The molecule has 1 saturated heterocycles. The Bertz CT molecular complexity index is 818. The van der Waals surface area contributed by atoms with Crippen molar-refractivity contribution in [3.63, 3.8) is 0 Å². The number of nitrogens with one attached hydrogen (secondary N) is 2. The van der Waals surface area contributed by atoms with Gasteiger partial charge in [-0.3, -0.25) is 14.7 Å². The van der Waals surface area contributed by atoms with Crippen LogP contribution in [0.2, 0.25) is 0 Å². The molecule has 132 valence electrons. The van der Waals surface area contributed by atoms with Crippen molar-refractivity contribution in [3.8, 4) is 5.82 Å². The summed E-state index contributed by atoms with van der Waals surface area (Å²) in [6.45, 7) is 2.03. The molecule has 1 fully saturated rings. The molecule has 0 atom stereocenters. The van der Waals surface area contributed by atoms with Gasteiger partial charge in [0.1, 0.15) is 5.56 Å². The summed E-state index contributed by atoms with van der Waals surface area (Å²) in [5, 5.41) is 14.3. The van der Waals surface area contributed by atoms with Crippen LogP contribution in [0.3, 0.4) is 0 Å². The zero-order valence-corrected chi connectivity index (χ0v) is 13.4. The number of aromatic carboxylic acids is 1. The second-order valence-corrected chi connectivity index (χ2v) is 5.80. The number of carboxylic acids is 1. The second-order valence-electron chi connectivity index (χ2n) is 5.80. The first-order chi connectivity index (χ1) is 12.1. The highest BCUT2D eigenvalue weighted by Gasteiger charge is 2.17. The molecule has 3 N–H and O–H groups in total. The fourth-order valence-electron chi connectivity index (χ4n) is 2.64. The lowest BCUT2D eigenvalue weighted by molar-refractivity contribution is 0.0642. The van der Waals surface area contributed by atoms with Gasteiger partial charge in [0.15, 0.2) is 5.82 Å². The zero-order valence-electron chi connectivity index (χ0n) is 13.4. The van der Waals surface area contributed by atoms with Gasteiger partial charge >= 0.3 is 5.97 Å². The number of amides is 1. The second kappa shape index (κ2) is 7.31. The largest absolute Gasteiger partial charge is 0.477 e. The molecule has 9 heteroatoms. The Morgan fingerprint density at radius 2 is 2.12 bits per heavy atom. The summed E-state index contributed by atoms with van der Waals surface area (Å²) in [7, 11) is 0. The minimum absolute atomic E-state index is 0.207. The van der Waals surface area contributed by atoms with Crippen molar-refractivity contribution in [1.82, 2.24) is 20.1 Å². The van der Waals surface area contributed by atoms with Crippen molar-refractivity contribution in [2.45, 2.75) is 12.8 Å². The highest BCUT2D eigenvalue weighted by Crippen LogP contribution is 2.13. The number of carboxylic acid groups (broad SMARTS) is 1. The topological polar surface area (TPSA) is 126 Å². The van der Waals surface area contributed by atoms with E-state index in [2.05, 4.69) is 15.4 Å². The lowest BCUT2D eigenvalue weighted by Gasteiger charge is -2.22. The zero-order chi connectivity index (χ0) is 17.8. The summed E-state index contributed by atoms with van der Waals surface area (Å²) in [6, 6.07) is 3.02.